The number of phenols is 1. The van der Waals surface area contributed by atoms with Crippen LogP contribution < -0.4 is 5.32 Å². The van der Waals surface area contributed by atoms with Crippen molar-refractivity contribution in [2.24, 2.45) is 5.92 Å². The Bertz CT molecular complexity index is 440. The zero-order chi connectivity index (χ0) is 13.0. The Kier molecular flexibility index (Phi) is 4.09. The van der Waals surface area contributed by atoms with Crippen LogP contribution >= 0.6 is 0 Å². The van der Waals surface area contributed by atoms with Gasteiger partial charge in [0.15, 0.2) is 0 Å². The van der Waals surface area contributed by atoms with Crippen molar-refractivity contribution in [2.45, 2.75) is 20.3 Å². The summed E-state index contributed by atoms with van der Waals surface area (Å²) in [5.41, 5.74) is 0.199. The van der Waals surface area contributed by atoms with E-state index in [2.05, 4.69) is 5.32 Å². The molecular weight excluding hydrogens is 222 g/mol. The first kappa shape index (κ1) is 13.0. The topological polar surface area (TPSA) is 86.6 Å². The predicted molar refractivity (Wildman–Crippen MR) is 63.2 cm³/mol. The molecule has 0 aliphatic carbocycles. The van der Waals surface area contributed by atoms with E-state index in [-0.39, 0.29) is 28.8 Å². The van der Waals surface area contributed by atoms with Crippen LogP contribution in [-0.2, 0) is 4.79 Å². The molecule has 0 aliphatic heterocycles. The smallest absolute Gasteiger partial charge is 0.335 e. The van der Waals surface area contributed by atoms with Crippen LogP contribution in [0.2, 0.25) is 0 Å². The first-order valence-electron chi connectivity index (χ1n) is 5.26. The van der Waals surface area contributed by atoms with E-state index in [1.165, 1.54) is 12.1 Å². The van der Waals surface area contributed by atoms with E-state index >= 15 is 0 Å². The van der Waals surface area contributed by atoms with Crippen LogP contribution in [0, 0.1) is 5.92 Å². The first-order valence-corrected chi connectivity index (χ1v) is 5.26. The molecule has 0 heterocycles. The molecule has 0 fully saturated rings. The van der Waals surface area contributed by atoms with Crippen LogP contribution in [0.15, 0.2) is 18.2 Å². The lowest BCUT2D eigenvalue weighted by molar-refractivity contribution is -0.116. The lowest BCUT2D eigenvalue weighted by atomic mass is 10.1. The van der Waals surface area contributed by atoms with Crippen molar-refractivity contribution < 1.29 is 19.8 Å². The van der Waals surface area contributed by atoms with Gasteiger partial charge in [0.2, 0.25) is 5.91 Å². The number of benzene rings is 1. The van der Waals surface area contributed by atoms with Crippen LogP contribution in [0.25, 0.3) is 0 Å². The van der Waals surface area contributed by atoms with E-state index in [0.29, 0.717) is 6.42 Å². The molecule has 0 saturated carbocycles. The number of hydrogen-bond acceptors (Lipinski definition) is 3. The van der Waals surface area contributed by atoms with E-state index in [4.69, 9.17) is 5.11 Å². The molecule has 3 N–H and O–H groups in total. The van der Waals surface area contributed by atoms with Crippen molar-refractivity contribution in [2.75, 3.05) is 5.32 Å². The molecule has 17 heavy (non-hydrogen) atoms. The Morgan fingerprint density at radius 1 is 1.35 bits per heavy atom. The number of carbonyl (C=O) groups is 2. The Morgan fingerprint density at radius 3 is 2.47 bits per heavy atom. The molecule has 1 aromatic rings. The van der Waals surface area contributed by atoms with Gasteiger partial charge in [-0.15, -0.1) is 0 Å². The summed E-state index contributed by atoms with van der Waals surface area (Å²) in [6.45, 7) is 3.82. The Labute approximate surface area is 99.1 Å². The number of carboxylic acids is 1. The van der Waals surface area contributed by atoms with Gasteiger partial charge in [0, 0.05) is 6.42 Å². The summed E-state index contributed by atoms with van der Waals surface area (Å²) in [5.74, 6) is -1.36. The summed E-state index contributed by atoms with van der Waals surface area (Å²) in [6, 6.07) is 3.80. The number of carbonyl (C=O) groups excluding carboxylic acids is 1. The molecule has 1 aromatic carbocycles. The summed E-state index contributed by atoms with van der Waals surface area (Å²) in [7, 11) is 0. The maximum absolute atomic E-state index is 11.5. The number of hydrogen-bond donors (Lipinski definition) is 3. The molecule has 1 rings (SSSR count). The van der Waals surface area contributed by atoms with Gasteiger partial charge in [-0.05, 0) is 24.1 Å². The zero-order valence-electron chi connectivity index (χ0n) is 9.73. The van der Waals surface area contributed by atoms with Crippen LogP contribution in [0.1, 0.15) is 30.6 Å². The van der Waals surface area contributed by atoms with Gasteiger partial charge >= 0.3 is 5.97 Å². The SMILES string of the molecule is CC(C)CC(=O)Nc1ccc(C(=O)O)cc1O. The number of carboxylic acid groups (broad SMARTS) is 1. The van der Waals surface area contributed by atoms with Gasteiger partial charge < -0.3 is 15.5 Å². The van der Waals surface area contributed by atoms with Crippen molar-refractivity contribution in [1.29, 1.82) is 0 Å². The van der Waals surface area contributed by atoms with Gasteiger partial charge in [-0.2, -0.15) is 0 Å². The molecule has 0 spiro atoms. The van der Waals surface area contributed by atoms with E-state index in [1.807, 2.05) is 13.8 Å². The second-order valence-corrected chi connectivity index (χ2v) is 4.18. The standard InChI is InChI=1S/C12H15NO4/c1-7(2)5-11(15)13-9-4-3-8(12(16)17)6-10(9)14/h3-4,6-7,14H,5H2,1-2H3,(H,13,15)(H,16,17). The minimum absolute atomic E-state index is 0.0237. The fraction of sp³-hybridized carbons (Fsp3) is 0.333. The third-order valence-corrected chi connectivity index (χ3v) is 2.11. The molecule has 0 aromatic heterocycles. The third kappa shape index (κ3) is 3.79. The van der Waals surface area contributed by atoms with E-state index in [1.54, 1.807) is 0 Å². The lowest BCUT2D eigenvalue weighted by Crippen LogP contribution is -2.14. The van der Waals surface area contributed by atoms with E-state index < -0.39 is 5.97 Å². The molecular formula is C12H15NO4. The molecule has 92 valence electrons. The Balaban J connectivity index is 2.79. The highest BCUT2D eigenvalue weighted by Crippen LogP contribution is 2.24. The average Bonchev–Trinajstić information content (AvgIpc) is 2.19. The summed E-state index contributed by atoms with van der Waals surface area (Å²) in [5, 5.41) is 20.8. The van der Waals surface area contributed by atoms with Crippen molar-refractivity contribution in [3.8, 4) is 5.75 Å². The number of aromatic carboxylic acids is 1. The van der Waals surface area contributed by atoms with Crippen LogP contribution in [0.4, 0.5) is 5.69 Å². The summed E-state index contributed by atoms with van der Waals surface area (Å²) >= 11 is 0. The third-order valence-electron chi connectivity index (χ3n) is 2.11. The van der Waals surface area contributed by atoms with Crippen molar-refractivity contribution in [1.82, 2.24) is 0 Å². The molecule has 0 aliphatic rings. The van der Waals surface area contributed by atoms with Gasteiger partial charge in [-0.1, -0.05) is 13.8 Å². The van der Waals surface area contributed by atoms with Crippen molar-refractivity contribution in [3.63, 3.8) is 0 Å². The van der Waals surface area contributed by atoms with Crippen LogP contribution in [0.3, 0.4) is 0 Å². The van der Waals surface area contributed by atoms with Gasteiger partial charge in [0.1, 0.15) is 5.75 Å². The fourth-order valence-electron chi connectivity index (χ4n) is 1.34. The normalized spacial score (nSPS) is 10.3. The summed E-state index contributed by atoms with van der Waals surface area (Å²) in [4.78, 5) is 22.1. The molecule has 5 nitrogen and oxygen atoms in total. The zero-order valence-corrected chi connectivity index (χ0v) is 9.73. The highest BCUT2D eigenvalue weighted by molar-refractivity contribution is 5.94. The maximum atomic E-state index is 11.5. The molecule has 0 unspecified atom stereocenters. The second-order valence-electron chi connectivity index (χ2n) is 4.18. The fourth-order valence-corrected chi connectivity index (χ4v) is 1.34. The lowest BCUT2D eigenvalue weighted by Gasteiger charge is -2.09. The number of nitrogens with one attached hydrogen (secondary N) is 1. The van der Waals surface area contributed by atoms with Gasteiger partial charge in [0.25, 0.3) is 0 Å². The minimum atomic E-state index is -1.12. The van der Waals surface area contributed by atoms with Gasteiger partial charge in [0.05, 0.1) is 11.3 Å². The minimum Gasteiger partial charge on any atom is -0.506 e. The van der Waals surface area contributed by atoms with Gasteiger partial charge in [-0.3, -0.25) is 4.79 Å². The highest BCUT2D eigenvalue weighted by atomic mass is 16.4. The Morgan fingerprint density at radius 2 is 2.00 bits per heavy atom. The van der Waals surface area contributed by atoms with E-state index in [9.17, 15) is 14.7 Å². The maximum Gasteiger partial charge on any atom is 0.335 e. The summed E-state index contributed by atoms with van der Waals surface area (Å²) < 4.78 is 0. The van der Waals surface area contributed by atoms with Crippen molar-refractivity contribution in [3.05, 3.63) is 23.8 Å². The summed E-state index contributed by atoms with van der Waals surface area (Å²) in [6.07, 6.45) is 0.347. The number of amides is 1. The molecule has 0 radical (unpaired) electrons. The number of anilines is 1. The van der Waals surface area contributed by atoms with Crippen molar-refractivity contribution >= 4 is 17.6 Å². The Hall–Kier alpha value is -2.04. The molecule has 0 atom stereocenters. The monoisotopic (exact) mass is 237 g/mol. The number of phenolic OH excluding ortho intramolecular Hbond substituents is 1. The molecule has 0 saturated heterocycles. The first-order chi connectivity index (χ1) is 7.90. The van der Waals surface area contributed by atoms with Crippen LogP contribution in [-0.4, -0.2) is 22.1 Å². The average molecular weight is 237 g/mol. The van der Waals surface area contributed by atoms with Crippen LogP contribution in [0.5, 0.6) is 5.75 Å². The second kappa shape index (κ2) is 5.34. The number of aromatic hydroxyl groups is 1. The van der Waals surface area contributed by atoms with Gasteiger partial charge in [-0.25, -0.2) is 4.79 Å². The molecule has 5 heteroatoms. The predicted octanol–water partition coefficient (Wildman–Crippen LogP) is 2.07. The highest BCUT2D eigenvalue weighted by Gasteiger charge is 2.10. The molecule has 0 bridgehead atoms. The number of rotatable bonds is 4. The van der Waals surface area contributed by atoms with E-state index in [0.717, 1.165) is 6.07 Å². The molecule has 1 amide bonds. The quantitative estimate of drug-likeness (QED) is 0.700. The largest absolute Gasteiger partial charge is 0.506 e.